The van der Waals surface area contributed by atoms with Crippen molar-refractivity contribution in [1.29, 1.82) is 0 Å². The molecule has 14 heteroatoms. The van der Waals surface area contributed by atoms with E-state index in [0.717, 1.165) is 32.7 Å². The summed E-state index contributed by atoms with van der Waals surface area (Å²) in [6.45, 7) is 4.74. The second kappa shape index (κ2) is 13.5. The Labute approximate surface area is 247 Å². The predicted molar refractivity (Wildman–Crippen MR) is 155 cm³/mol. The van der Waals surface area contributed by atoms with Crippen LogP contribution in [0.5, 0.6) is 11.5 Å². The van der Waals surface area contributed by atoms with E-state index in [9.17, 15) is 18.0 Å². The zero-order valence-corrected chi connectivity index (χ0v) is 25.6. The summed E-state index contributed by atoms with van der Waals surface area (Å²) in [5.41, 5.74) is -0.493. The third-order valence-corrected chi connectivity index (χ3v) is 8.58. The Morgan fingerprint density at radius 2 is 1.90 bits per heavy atom. The standard InChI is InChI=1S/C27H31ClFN3O7S2/c1-27(2,3)39-26(34)31(11-6-7-12-33)22-16-21(29)24(15-20(22)28)41(35,36)32(25-30-10-13-40-25)17-18-8-9-19(37-4)14-23(18)38-5/h8-10,12-16H,6-7,11,17H2,1-5H3. The number of halogens is 2. The highest BCUT2D eigenvalue weighted by Gasteiger charge is 2.33. The molecule has 222 valence electrons. The van der Waals surface area contributed by atoms with Gasteiger partial charge in [-0.05, 0) is 45.4 Å². The van der Waals surface area contributed by atoms with Crippen molar-refractivity contribution in [1.82, 2.24) is 4.98 Å². The van der Waals surface area contributed by atoms with Crippen LogP contribution in [0.1, 0.15) is 39.2 Å². The first-order valence-electron chi connectivity index (χ1n) is 12.4. The molecule has 0 aliphatic rings. The molecule has 0 bridgehead atoms. The molecule has 1 amide bonds. The summed E-state index contributed by atoms with van der Waals surface area (Å²) < 4.78 is 60.6. The van der Waals surface area contributed by atoms with Gasteiger partial charge in [-0.25, -0.2) is 26.9 Å². The summed E-state index contributed by atoms with van der Waals surface area (Å²) in [6, 6.07) is 6.70. The quantitative estimate of drug-likeness (QED) is 0.176. The molecule has 0 aliphatic heterocycles. The molecule has 0 saturated heterocycles. The molecule has 10 nitrogen and oxygen atoms in total. The summed E-state index contributed by atoms with van der Waals surface area (Å²) in [5, 5.41) is 1.47. The molecule has 41 heavy (non-hydrogen) atoms. The van der Waals surface area contributed by atoms with E-state index < -0.39 is 32.4 Å². The number of hydrogen-bond acceptors (Lipinski definition) is 9. The molecule has 3 aromatic rings. The largest absolute Gasteiger partial charge is 0.497 e. The highest BCUT2D eigenvalue weighted by atomic mass is 35.5. The van der Waals surface area contributed by atoms with Crippen LogP contribution in [0.4, 0.5) is 20.0 Å². The molecule has 0 saturated carbocycles. The van der Waals surface area contributed by atoms with E-state index in [4.69, 9.17) is 25.8 Å². The number of sulfonamides is 1. The number of nitrogens with zero attached hydrogens (tertiary/aromatic N) is 3. The Hall–Kier alpha value is -3.42. The first-order valence-corrected chi connectivity index (χ1v) is 15.1. The van der Waals surface area contributed by atoms with Crippen LogP contribution in [0, 0.1) is 5.82 Å². The van der Waals surface area contributed by atoms with Crippen molar-refractivity contribution < 1.29 is 36.6 Å². The number of thiazole rings is 1. The molecule has 0 aliphatic carbocycles. The number of ether oxygens (including phenoxy) is 3. The van der Waals surface area contributed by atoms with E-state index in [-0.39, 0.29) is 41.8 Å². The maximum Gasteiger partial charge on any atom is 0.414 e. The Kier molecular flexibility index (Phi) is 10.6. The lowest BCUT2D eigenvalue weighted by Crippen LogP contribution is -2.38. The average molecular weight is 628 g/mol. The van der Waals surface area contributed by atoms with Crippen molar-refractivity contribution in [2.45, 2.75) is 50.7 Å². The summed E-state index contributed by atoms with van der Waals surface area (Å²) in [4.78, 5) is 28.3. The summed E-state index contributed by atoms with van der Waals surface area (Å²) in [7, 11) is -1.65. The number of unbranched alkanes of at least 4 members (excludes halogenated alkanes) is 1. The number of aromatic nitrogens is 1. The van der Waals surface area contributed by atoms with Gasteiger partial charge in [0.25, 0.3) is 10.0 Å². The highest BCUT2D eigenvalue weighted by Crippen LogP contribution is 2.37. The van der Waals surface area contributed by atoms with Gasteiger partial charge >= 0.3 is 6.09 Å². The third-order valence-electron chi connectivity index (χ3n) is 5.62. The van der Waals surface area contributed by atoms with Crippen molar-refractivity contribution in [3.05, 3.63) is 58.3 Å². The van der Waals surface area contributed by atoms with Gasteiger partial charge in [0.2, 0.25) is 0 Å². The van der Waals surface area contributed by atoms with Crippen molar-refractivity contribution in [3.8, 4) is 11.5 Å². The lowest BCUT2D eigenvalue weighted by Gasteiger charge is -2.28. The van der Waals surface area contributed by atoms with Crippen molar-refractivity contribution in [2.75, 3.05) is 30.0 Å². The van der Waals surface area contributed by atoms with E-state index in [1.54, 1.807) is 44.4 Å². The molecule has 0 spiro atoms. The maximum absolute atomic E-state index is 15.7. The molecule has 0 atom stereocenters. The van der Waals surface area contributed by atoms with E-state index in [0.29, 0.717) is 23.3 Å². The van der Waals surface area contributed by atoms with Gasteiger partial charge in [-0.15, -0.1) is 11.3 Å². The molecule has 3 rings (SSSR count). The number of methoxy groups -OCH3 is 2. The maximum atomic E-state index is 15.7. The zero-order chi connectivity index (χ0) is 30.4. The van der Waals surface area contributed by atoms with Gasteiger partial charge < -0.3 is 19.0 Å². The van der Waals surface area contributed by atoms with Crippen LogP contribution in [0.25, 0.3) is 0 Å². The predicted octanol–water partition coefficient (Wildman–Crippen LogP) is 6.07. The average Bonchev–Trinajstić information content (AvgIpc) is 3.44. The molecule has 1 heterocycles. The fraction of sp³-hybridized carbons (Fsp3) is 0.370. The minimum Gasteiger partial charge on any atom is -0.497 e. The van der Waals surface area contributed by atoms with Gasteiger partial charge in [0.15, 0.2) is 5.13 Å². The number of anilines is 2. The monoisotopic (exact) mass is 627 g/mol. The van der Waals surface area contributed by atoms with E-state index in [1.165, 1.54) is 20.4 Å². The number of hydrogen-bond donors (Lipinski definition) is 0. The zero-order valence-electron chi connectivity index (χ0n) is 23.2. The number of carbonyl (C=O) groups excluding carboxylic acids is 2. The summed E-state index contributed by atoms with van der Waals surface area (Å²) in [5.74, 6) is -0.278. The number of rotatable bonds is 12. The first kappa shape index (κ1) is 32.1. The van der Waals surface area contributed by atoms with E-state index in [2.05, 4.69) is 4.98 Å². The number of aldehydes is 1. The second-order valence-electron chi connectivity index (χ2n) is 9.68. The minimum absolute atomic E-state index is 0.0125. The van der Waals surface area contributed by atoms with Crippen LogP contribution in [0.15, 0.2) is 46.8 Å². The van der Waals surface area contributed by atoms with Crippen LogP contribution in [-0.2, 0) is 26.1 Å². The molecule has 0 radical (unpaired) electrons. The van der Waals surface area contributed by atoms with Crippen LogP contribution in [0.3, 0.4) is 0 Å². The Bertz CT molecular complexity index is 1480. The van der Waals surface area contributed by atoms with Crippen molar-refractivity contribution in [3.63, 3.8) is 0 Å². The number of amides is 1. The van der Waals surface area contributed by atoms with Crippen LogP contribution in [-0.4, -0.2) is 52.1 Å². The Morgan fingerprint density at radius 3 is 2.49 bits per heavy atom. The lowest BCUT2D eigenvalue weighted by molar-refractivity contribution is -0.107. The van der Waals surface area contributed by atoms with Crippen molar-refractivity contribution in [2.24, 2.45) is 0 Å². The van der Waals surface area contributed by atoms with Gasteiger partial charge in [0.1, 0.15) is 34.1 Å². The molecule has 0 unspecified atom stereocenters. The van der Waals surface area contributed by atoms with Gasteiger partial charge in [0.05, 0.1) is 31.5 Å². The Balaban J connectivity index is 2.07. The van der Waals surface area contributed by atoms with Gasteiger partial charge in [0, 0.05) is 42.2 Å². The third kappa shape index (κ3) is 7.86. The second-order valence-corrected chi connectivity index (χ2v) is 12.8. The lowest BCUT2D eigenvalue weighted by atomic mass is 10.2. The van der Waals surface area contributed by atoms with E-state index >= 15 is 4.39 Å². The van der Waals surface area contributed by atoms with Gasteiger partial charge in [-0.2, -0.15) is 0 Å². The van der Waals surface area contributed by atoms with Crippen LogP contribution >= 0.6 is 22.9 Å². The molecule has 0 fully saturated rings. The molecule has 1 aromatic heterocycles. The van der Waals surface area contributed by atoms with E-state index in [1.807, 2.05) is 0 Å². The highest BCUT2D eigenvalue weighted by molar-refractivity contribution is 7.93. The molecule has 2 aromatic carbocycles. The van der Waals surface area contributed by atoms with Gasteiger partial charge in [-0.1, -0.05) is 11.6 Å². The van der Waals surface area contributed by atoms with Crippen LogP contribution < -0.4 is 18.7 Å². The van der Waals surface area contributed by atoms with Crippen LogP contribution in [0.2, 0.25) is 5.02 Å². The smallest absolute Gasteiger partial charge is 0.414 e. The SMILES string of the molecule is COc1ccc(CN(c2nccs2)S(=O)(=O)c2cc(Cl)c(N(CCCC=O)C(=O)OC(C)(C)C)cc2F)c(OC)c1. The topological polar surface area (TPSA) is 115 Å². The fourth-order valence-corrected chi connectivity index (χ4v) is 6.41. The molecular formula is C27H31ClFN3O7S2. The number of carbonyl (C=O) groups is 2. The first-order chi connectivity index (χ1) is 19.3. The summed E-state index contributed by atoms with van der Waals surface area (Å²) >= 11 is 7.53. The van der Waals surface area contributed by atoms with Gasteiger partial charge in [-0.3, -0.25) is 4.90 Å². The minimum atomic E-state index is -4.57. The molecular weight excluding hydrogens is 597 g/mol. The van der Waals surface area contributed by atoms with Crippen molar-refractivity contribution >= 4 is 56.2 Å². The Morgan fingerprint density at radius 1 is 1.17 bits per heavy atom. The number of benzene rings is 2. The molecule has 0 N–H and O–H groups in total. The summed E-state index contributed by atoms with van der Waals surface area (Å²) in [6.07, 6.45) is 1.69. The normalized spacial score (nSPS) is 11.6. The fourth-order valence-electron chi connectivity index (χ4n) is 3.73.